The summed E-state index contributed by atoms with van der Waals surface area (Å²) in [5, 5.41) is 18.6. The first kappa shape index (κ1) is 20.8. The molecule has 0 heterocycles. The van der Waals surface area contributed by atoms with Crippen LogP contribution in [0.1, 0.15) is 45.8 Å². The molecule has 0 radical (unpaired) electrons. The zero-order chi connectivity index (χ0) is 22.2. The molecule has 4 rings (SSSR count). The van der Waals surface area contributed by atoms with Crippen molar-refractivity contribution in [2.45, 2.75) is 29.4 Å². The Labute approximate surface area is 179 Å². The maximum atomic E-state index is 13.8. The number of nitriles is 1. The summed E-state index contributed by atoms with van der Waals surface area (Å²) < 4.78 is 40.6. The smallest absolute Gasteiger partial charge is 0.335 e. The van der Waals surface area contributed by atoms with E-state index in [1.165, 1.54) is 36.4 Å². The molecule has 0 aliphatic heterocycles. The summed E-state index contributed by atoms with van der Waals surface area (Å²) in [6, 6.07) is 16.6. The van der Waals surface area contributed by atoms with Crippen LogP contribution in [0.5, 0.6) is 0 Å². The largest absolute Gasteiger partial charge is 0.478 e. The molecule has 0 saturated heterocycles. The van der Waals surface area contributed by atoms with Crippen LogP contribution in [-0.4, -0.2) is 19.5 Å². The predicted molar refractivity (Wildman–Crippen MR) is 113 cm³/mol. The van der Waals surface area contributed by atoms with Gasteiger partial charge >= 0.3 is 5.97 Å². The number of halogens is 1. The molecule has 1 aliphatic carbocycles. The Kier molecular flexibility index (Phi) is 5.34. The number of benzene rings is 3. The molecule has 31 heavy (non-hydrogen) atoms. The van der Waals surface area contributed by atoms with Crippen molar-refractivity contribution in [2.24, 2.45) is 0 Å². The third-order valence-electron chi connectivity index (χ3n) is 5.33. The van der Waals surface area contributed by atoms with Gasteiger partial charge in [0.1, 0.15) is 5.82 Å². The van der Waals surface area contributed by atoms with Crippen LogP contribution in [0, 0.1) is 17.1 Å². The summed E-state index contributed by atoms with van der Waals surface area (Å²) in [4.78, 5) is 11.4. The van der Waals surface area contributed by atoms with Crippen LogP contribution in [0.2, 0.25) is 0 Å². The van der Waals surface area contributed by atoms with E-state index in [2.05, 4.69) is 0 Å². The van der Waals surface area contributed by atoms with Crippen molar-refractivity contribution < 1.29 is 22.7 Å². The van der Waals surface area contributed by atoms with Gasteiger partial charge in [-0.15, -0.1) is 0 Å². The van der Waals surface area contributed by atoms with Crippen molar-refractivity contribution >= 4 is 15.8 Å². The quantitative estimate of drug-likeness (QED) is 0.593. The van der Waals surface area contributed by atoms with Crippen molar-refractivity contribution in [1.29, 1.82) is 5.26 Å². The zero-order valence-electron chi connectivity index (χ0n) is 16.4. The molecule has 3 aromatic carbocycles. The Morgan fingerprint density at radius 2 is 1.87 bits per heavy atom. The first-order chi connectivity index (χ1) is 14.8. The third-order valence-corrected chi connectivity index (χ3v) is 7.04. The second-order valence-corrected chi connectivity index (χ2v) is 9.54. The summed E-state index contributed by atoms with van der Waals surface area (Å²) in [6.45, 7) is 0. The minimum absolute atomic E-state index is 0.00227. The van der Waals surface area contributed by atoms with Crippen molar-refractivity contribution in [3.05, 3.63) is 88.7 Å². The van der Waals surface area contributed by atoms with E-state index in [0.29, 0.717) is 22.3 Å². The second kappa shape index (κ2) is 7.97. The van der Waals surface area contributed by atoms with Crippen molar-refractivity contribution in [3.8, 4) is 17.2 Å². The van der Waals surface area contributed by atoms with Crippen LogP contribution in [0.15, 0.2) is 65.6 Å². The topological polar surface area (TPSA) is 95.2 Å². The third kappa shape index (κ3) is 4.35. The van der Waals surface area contributed by atoms with Crippen LogP contribution in [0.4, 0.5) is 4.39 Å². The summed E-state index contributed by atoms with van der Waals surface area (Å²) in [6.07, 6.45) is 1.71. The minimum Gasteiger partial charge on any atom is -0.478 e. The van der Waals surface area contributed by atoms with E-state index in [4.69, 9.17) is 0 Å². The lowest BCUT2D eigenvalue weighted by atomic mass is 9.98. The number of hydrogen-bond donors (Lipinski definition) is 1. The fourth-order valence-electron chi connectivity index (χ4n) is 3.67. The van der Waals surface area contributed by atoms with Crippen LogP contribution in [0.25, 0.3) is 11.1 Å². The maximum Gasteiger partial charge on any atom is 0.335 e. The van der Waals surface area contributed by atoms with E-state index in [0.717, 1.165) is 12.8 Å². The maximum absolute atomic E-state index is 13.8. The molecular weight excluding hydrogens is 417 g/mol. The molecule has 0 aromatic heterocycles. The molecule has 0 unspecified atom stereocenters. The van der Waals surface area contributed by atoms with Gasteiger partial charge in [-0.25, -0.2) is 17.6 Å². The Balaban J connectivity index is 1.83. The molecule has 1 saturated carbocycles. The molecule has 1 fully saturated rings. The number of rotatable bonds is 6. The normalized spacial score (nSPS) is 13.5. The summed E-state index contributed by atoms with van der Waals surface area (Å²) in [5.74, 6) is -2.00. The van der Waals surface area contributed by atoms with Gasteiger partial charge in [-0.05, 0) is 77.4 Å². The monoisotopic (exact) mass is 435 g/mol. The molecule has 156 valence electrons. The van der Waals surface area contributed by atoms with Crippen LogP contribution < -0.4 is 0 Å². The number of carboxylic acid groups (broad SMARTS) is 1. The minimum atomic E-state index is -3.94. The lowest BCUT2D eigenvalue weighted by Crippen LogP contribution is -2.11. The average Bonchev–Trinajstić information content (AvgIpc) is 3.58. The van der Waals surface area contributed by atoms with Gasteiger partial charge in [0.15, 0.2) is 9.84 Å². The molecular formula is C24H18FNO4S. The van der Waals surface area contributed by atoms with Crippen LogP contribution in [-0.2, 0) is 15.6 Å². The molecule has 0 bridgehead atoms. The molecule has 0 amide bonds. The highest BCUT2D eigenvalue weighted by atomic mass is 32.2. The number of carbonyl (C=O) groups is 1. The lowest BCUT2D eigenvalue weighted by Gasteiger charge is -2.14. The molecule has 0 spiro atoms. The van der Waals surface area contributed by atoms with Crippen LogP contribution >= 0.6 is 0 Å². The van der Waals surface area contributed by atoms with E-state index in [1.807, 2.05) is 6.07 Å². The van der Waals surface area contributed by atoms with Crippen molar-refractivity contribution in [1.82, 2.24) is 0 Å². The van der Waals surface area contributed by atoms with E-state index in [9.17, 15) is 28.0 Å². The number of aromatic carboxylic acids is 1. The summed E-state index contributed by atoms with van der Waals surface area (Å²) in [5.41, 5.74) is 2.16. The number of nitrogens with zero attached hydrogens (tertiary/aromatic N) is 1. The Morgan fingerprint density at radius 3 is 2.52 bits per heavy atom. The lowest BCUT2D eigenvalue weighted by molar-refractivity contribution is 0.0696. The van der Waals surface area contributed by atoms with Gasteiger partial charge in [-0.3, -0.25) is 0 Å². The van der Waals surface area contributed by atoms with Crippen LogP contribution in [0.3, 0.4) is 0 Å². The SMILES string of the molecule is N#Cc1ccc(-c2cccc(F)c2)c(CS(=O)(=O)c2cc(C(=O)O)ccc2C2CC2)c1. The van der Waals surface area contributed by atoms with Gasteiger partial charge in [0.05, 0.1) is 27.8 Å². The number of hydrogen-bond acceptors (Lipinski definition) is 4. The first-order valence-corrected chi connectivity index (χ1v) is 11.3. The molecule has 3 aromatic rings. The number of sulfone groups is 1. The van der Waals surface area contributed by atoms with Crippen molar-refractivity contribution in [3.63, 3.8) is 0 Å². The van der Waals surface area contributed by atoms with Gasteiger partial charge in [-0.2, -0.15) is 5.26 Å². The molecule has 1 aliphatic rings. The second-order valence-electron chi connectivity index (χ2n) is 7.59. The van der Waals surface area contributed by atoms with E-state index in [-0.39, 0.29) is 21.9 Å². The molecule has 7 heteroatoms. The fraction of sp³-hybridized carbons (Fsp3) is 0.167. The van der Waals surface area contributed by atoms with E-state index in [1.54, 1.807) is 24.3 Å². The average molecular weight is 435 g/mol. The Morgan fingerprint density at radius 1 is 1.10 bits per heavy atom. The van der Waals surface area contributed by atoms with E-state index < -0.39 is 27.4 Å². The highest BCUT2D eigenvalue weighted by Crippen LogP contribution is 2.44. The Bertz CT molecular complexity index is 1340. The van der Waals surface area contributed by atoms with E-state index >= 15 is 0 Å². The molecule has 0 atom stereocenters. The fourth-order valence-corrected chi connectivity index (χ4v) is 5.38. The highest BCUT2D eigenvalue weighted by Gasteiger charge is 2.31. The molecule has 1 N–H and O–H groups in total. The van der Waals surface area contributed by atoms with Gasteiger partial charge < -0.3 is 5.11 Å². The Hall–Kier alpha value is -3.50. The molecule has 5 nitrogen and oxygen atoms in total. The highest BCUT2D eigenvalue weighted by molar-refractivity contribution is 7.90. The first-order valence-electron chi connectivity index (χ1n) is 9.67. The standard InChI is InChI=1S/C24H18FNO4S/c25-20-3-1-2-17(11-20)21-8-4-15(13-26)10-19(21)14-31(29,30)23-12-18(24(27)28)7-9-22(23)16-5-6-16/h1-4,7-12,16H,5-6,14H2,(H,27,28). The summed E-state index contributed by atoms with van der Waals surface area (Å²) in [7, 11) is -3.94. The van der Waals surface area contributed by atoms with Crippen molar-refractivity contribution in [2.75, 3.05) is 0 Å². The van der Waals surface area contributed by atoms with Gasteiger partial charge in [0.25, 0.3) is 0 Å². The van der Waals surface area contributed by atoms with Gasteiger partial charge in [-0.1, -0.05) is 24.3 Å². The zero-order valence-corrected chi connectivity index (χ0v) is 17.2. The number of carboxylic acids is 1. The summed E-state index contributed by atoms with van der Waals surface area (Å²) >= 11 is 0. The van der Waals surface area contributed by atoms with Gasteiger partial charge in [0, 0.05) is 0 Å². The van der Waals surface area contributed by atoms with Gasteiger partial charge in [0.2, 0.25) is 0 Å². The predicted octanol–water partition coefficient (Wildman–Crippen LogP) is 4.91.